The minimum atomic E-state index is -1.17. The van der Waals surface area contributed by atoms with Crippen molar-refractivity contribution in [3.05, 3.63) is 75.9 Å². The van der Waals surface area contributed by atoms with E-state index in [1.807, 2.05) is 32.9 Å². The fraction of sp³-hybridized carbons (Fsp3) is 0.448. The van der Waals surface area contributed by atoms with Crippen LogP contribution >= 0.6 is 0 Å². The Hall–Kier alpha value is -3.12. The summed E-state index contributed by atoms with van der Waals surface area (Å²) in [5.41, 5.74) is 5.22. The molecule has 0 radical (unpaired) electrons. The molecule has 2 aliphatic heterocycles. The lowest BCUT2D eigenvalue weighted by atomic mass is 9.97. The molecule has 1 N–H and O–H groups in total. The van der Waals surface area contributed by atoms with Crippen LogP contribution < -0.4 is 4.74 Å². The number of aryl methyl sites for hydroxylation is 3. The first kappa shape index (κ1) is 26.5. The highest BCUT2D eigenvalue weighted by atomic mass is 16.6. The monoisotopic (exact) mass is 480 g/mol. The van der Waals surface area contributed by atoms with E-state index < -0.39 is 11.6 Å². The number of carbonyl (C=O) groups excluding carboxylic acids is 2. The fourth-order valence-electron chi connectivity index (χ4n) is 4.09. The predicted octanol–water partition coefficient (Wildman–Crippen LogP) is 4.94. The van der Waals surface area contributed by atoms with Gasteiger partial charge < -0.3 is 19.3 Å². The Balaban J connectivity index is 0.000000363. The first-order valence-corrected chi connectivity index (χ1v) is 12.1. The Morgan fingerprint density at radius 3 is 2.26 bits per heavy atom. The molecule has 1 fully saturated rings. The zero-order valence-electron chi connectivity index (χ0n) is 21.3. The number of rotatable bonds is 6. The smallest absolute Gasteiger partial charge is 0.334 e. The van der Waals surface area contributed by atoms with Crippen LogP contribution in [0.5, 0.6) is 5.75 Å². The zero-order valence-corrected chi connectivity index (χ0v) is 21.3. The van der Waals surface area contributed by atoms with Gasteiger partial charge in [-0.1, -0.05) is 58.7 Å². The molecule has 2 aliphatic rings. The number of benzene rings is 2. The van der Waals surface area contributed by atoms with Gasteiger partial charge in [0.25, 0.3) is 0 Å². The van der Waals surface area contributed by atoms with Crippen molar-refractivity contribution < 1.29 is 28.9 Å². The number of ether oxygens (including phenoxy) is 3. The topological polar surface area (TPSA) is 82.1 Å². The summed E-state index contributed by atoms with van der Waals surface area (Å²) in [4.78, 5) is 24.0. The van der Waals surface area contributed by atoms with Gasteiger partial charge in [-0.15, -0.1) is 0 Å². The summed E-state index contributed by atoms with van der Waals surface area (Å²) in [5.74, 6) is 0.0399. The standard InChI is InChI=1S/C21H26O6.C8H10/c1-13(2)17-10-21(11-22,27-20(17)24)12-25-19(23)7-5-16-9-15-8-14(3)4-6-18(15)26-16;1-7-3-5-8(2)6-4-7/h4,6,8,16,22H,5,7,9-12H2,1-3H3;3-6H,1-2H3. The molecule has 4 rings (SSSR count). The van der Waals surface area contributed by atoms with Crippen LogP contribution in [-0.2, 0) is 25.5 Å². The first-order valence-electron chi connectivity index (χ1n) is 12.1. The van der Waals surface area contributed by atoms with Crippen molar-refractivity contribution in [2.75, 3.05) is 13.2 Å². The molecule has 0 bridgehead atoms. The van der Waals surface area contributed by atoms with Crippen molar-refractivity contribution in [3.63, 3.8) is 0 Å². The van der Waals surface area contributed by atoms with Crippen molar-refractivity contribution in [2.24, 2.45) is 0 Å². The van der Waals surface area contributed by atoms with Crippen LogP contribution in [0.3, 0.4) is 0 Å². The number of carbonyl (C=O) groups is 2. The third-order valence-electron chi connectivity index (χ3n) is 6.29. The second-order valence-electron chi connectivity index (χ2n) is 9.80. The van der Waals surface area contributed by atoms with Crippen molar-refractivity contribution in [2.45, 2.75) is 72.0 Å². The van der Waals surface area contributed by atoms with Crippen LogP contribution in [0.4, 0.5) is 0 Å². The molecule has 0 saturated carbocycles. The summed E-state index contributed by atoms with van der Waals surface area (Å²) in [6.45, 7) is 9.34. The van der Waals surface area contributed by atoms with Gasteiger partial charge in [-0.3, -0.25) is 4.79 Å². The predicted molar refractivity (Wildman–Crippen MR) is 134 cm³/mol. The van der Waals surface area contributed by atoms with Crippen LogP contribution in [0.25, 0.3) is 0 Å². The molecule has 1 saturated heterocycles. The molecule has 0 aromatic heterocycles. The molecule has 2 unspecified atom stereocenters. The summed E-state index contributed by atoms with van der Waals surface area (Å²) in [5, 5.41) is 9.66. The molecule has 0 spiro atoms. The molecule has 6 heteroatoms. The average Bonchev–Trinajstić information content (AvgIpc) is 3.39. The molecule has 188 valence electrons. The van der Waals surface area contributed by atoms with Crippen LogP contribution in [0.2, 0.25) is 0 Å². The SMILES string of the molecule is CC(C)=C1CC(CO)(COC(=O)CCC2Cc3cc(C)ccc3O2)OC1=O.Cc1ccc(C)cc1. The normalized spacial score (nSPS) is 20.3. The lowest BCUT2D eigenvalue weighted by Crippen LogP contribution is -2.39. The number of hydrogen-bond donors (Lipinski definition) is 1. The second kappa shape index (κ2) is 11.5. The van der Waals surface area contributed by atoms with Gasteiger partial charge in [-0.05, 0) is 52.7 Å². The minimum Gasteiger partial charge on any atom is -0.490 e. The largest absolute Gasteiger partial charge is 0.490 e. The minimum absolute atomic E-state index is 0.0391. The van der Waals surface area contributed by atoms with Gasteiger partial charge >= 0.3 is 11.9 Å². The maximum absolute atomic E-state index is 12.1. The number of hydrogen-bond acceptors (Lipinski definition) is 6. The van der Waals surface area contributed by atoms with Crippen molar-refractivity contribution in [1.29, 1.82) is 0 Å². The number of aliphatic hydroxyl groups excluding tert-OH is 1. The zero-order chi connectivity index (χ0) is 25.6. The average molecular weight is 481 g/mol. The van der Waals surface area contributed by atoms with Gasteiger partial charge in [0.05, 0.1) is 6.61 Å². The third kappa shape index (κ3) is 7.18. The van der Waals surface area contributed by atoms with Crippen molar-refractivity contribution in [1.82, 2.24) is 0 Å². The quantitative estimate of drug-likeness (QED) is 0.466. The van der Waals surface area contributed by atoms with E-state index in [-0.39, 0.29) is 38.1 Å². The summed E-state index contributed by atoms with van der Waals surface area (Å²) in [7, 11) is 0. The molecule has 0 aliphatic carbocycles. The number of cyclic esters (lactones) is 1. The van der Waals surface area contributed by atoms with E-state index in [9.17, 15) is 14.7 Å². The van der Waals surface area contributed by atoms with Crippen LogP contribution in [0.1, 0.15) is 55.4 Å². The highest BCUT2D eigenvalue weighted by Gasteiger charge is 2.45. The molecule has 2 heterocycles. The fourth-order valence-corrected chi connectivity index (χ4v) is 4.09. The van der Waals surface area contributed by atoms with Gasteiger partial charge in [-0.2, -0.15) is 0 Å². The number of esters is 2. The Labute approximate surface area is 207 Å². The molecular weight excluding hydrogens is 444 g/mol. The Morgan fingerprint density at radius 2 is 1.69 bits per heavy atom. The Kier molecular flexibility index (Phi) is 8.73. The van der Waals surface area contributed by atoms with Gasteiger partial charge in [0.1, 0.15) is 18.5 Å². The first-order chi connectivity index (χ1) is 16.6. The van der Waals surface area contributed by atoms with E-state index in [1.54, 1.807) is 0 Å². The summed E-state index contributed by atoms with van der Waals surface area (Å²) >= 11 is 0. The molecule has 2 aromatic rings. The van der Waals surface area contributed by atoms with Crippen molar-refractivity contribution in [3.8, 4) is 5.75 Å². The summed E-state index contributed by atoms with van der Waals surface area (Å²) in [6.07, 6.45) is 1.76. The lowest BCUT2D eigenvalue weighted by Gasteiger charge is -2.24. The number of aliphatic hydroxyl groups is 1. The second-order valence-corrected chi connectivity index (χ2v) is 9.80. The molecule has 2 atom stereocenters. The van der Waals surface area contributed by atoms with Gasteiger partial charge in [-0.25, -0.2) is 4.79 Å². The van der Waals surface area contributed by atoms with E-state index in [0.717, 1.165) is 17.7 Å². The maximum Gasteiger partial charge on any atom is 0.334 e. The number of fused-ring (bicyclic) bond motifs is 1. The molecule has 0 amide bonds. The summed E-state index contributed by atoms with van der Waals surface area (Å²) in [6, 6.07) is 14.6. The lowest BCUT2D eigenvalue weighted by molar-refractivity contribution is -0.166. The Morgan fingerprint density at radius 1 is 1.06 bits per heavy atom. The highest BCUT2D eigenvalue weighted by molar-refractivity contribution is 5.92. The van der Waals surface area contributed by atoms with E-state index in [4.69, 9.17) is 14.2 Å². The van der Waals surface area contributed by atoms with E-state index in [0.29, 0.717) is 12.0 Å². The van der Waals surface area contributed by atoms with E-state index in [1.165, 1.54) is 22.3 Å². The van der Waals surface area contributed by atoms with Gasteiger partial charge in [0.15, 0.2) is 5.60 Å². The molecule has 2 aromatic carbocycles. The summed E-state index contributed by atoms with van der Waals surface area (Å²) < 4.78 is 16.5. The van der Waals surface area contributed by atoms with Crippen LogP contribution in [0.15, 0.2) is 53.6 Å². The van der Waals surface area contributed by atoms with E-state index >= 15 is 0 Å². The van der Waals surface area contributed by atoms with Crippen molar-refractivity contribution >= 4 is 11.9 Å². The Bertz CT molecular complexity index is 1060. The van der Waals surface area contributed by atoms with Gasteiger partial charge in [0, 0.05) is 24.8 Å². The third-order valence-corrected chi connectivity index (χ3v) is 6.29. The van der Waals surface area contributed by atoms with Crippen LogP contribution in [-0.4, -0.2) is 42.0 Å². The molecular formula is C29H36O6. The maximum atomic E-state index is 12.1. The van der Waals surface area contributed by atoms with Crippen LogP contribution in [0, 0.1) is 20.8 Å². The van der Waals surface area contributed by atoms with Gasteiger partial charge in [0.2, 0.25) is 0 Å². The highest BCUT2D eigenvalue weighted by Crippen LogP contribution is 2.33. The number of allylic oxidation sites excluding steroid dienone is 1. The molecule has 6 nitrogen and oxygen atoms in total. The molecule has 35 heavy (non-hydrogen) atoms. The van der Waals surface area contributed by atoms with E-state index in [2.05, 4.69) is 44.2 Å².